The minimum atomic E-state index is -0.541. The Morgan fingerprint density at radius 2 is 2.03 bits per heavy atom. The standard InChI is InChI=1S/C21H24BrFN4O4/c1-14(28)24-10-18-12-27(21(29)31-18)16-2-3-20(19(23)9-16)26-6-4-25(5-7-26)11-17-8-15(22)13-30-17/h2-3,8-9,13,18H,4-7,10-12H2,1H3,(H,24,28). The van der Waals surface area contributed by atoms with E-state index in [0.29, 0.717) is 24.5 Å². The van der Waals surface area contributed by atoms with E-state index in [2.05, 4.69) is 26.1 Å². The van der Waals surface area contributed by atoms with Crippen LogP contribution in [0.25, 0.3) is 0 Å². The van der Waals surface area contributed by atoms with Crippen molar-refractivity contribution in [2.24, 2.45) is 0 Å². The molecule has 0 radical (unpaired) electrons. The van der Waals surface area contributed by atoms with Crippen molar-refractivity contribution in [1.29, 1.82) is 0 Å². The molecule has 1 aromatic heterocycles. The number of cyclic esters (lactones) is 1. The summed E-state index contributed by atoms with van der Waals surface area (Å²) in [4.78, 5) is 28.9. The van der Waals surface area contributed by atoms with Gasteiger partial charge < -0.3 is 19.4 Å². The maximum Gasteiger partial charge on any atom is 0.414 e. The molecule has 4 rings (SSSR count). The summed E-state index contributed by atoms with van der Waals surface area (Å²) < 4.78 is 26.6. The van der Waals surface area contributed by atoms with E-state index in [4.69, 9.17) is 9.15 Å². The Morgan fingerprint density at radius 1 is 1.26 bits per heavy atom. The summed E-state index contributed by atoms with van der Waals surface area (Å²) in [5.41, 5.74) is 0.963. The zero-order valence-corrected chi connectivity index (χ0v) is 18.7. The fourth-order valence-electron chi connectivity index (χ4n) is 3.82. The highest BCUT2D eigenvalue weighted by atomic mass is 79.9. The Labute approximate surface area is 188 Å². The summed E-state index contributed by atoms with van der Waals surface area (Å²) in [6, 6.07) is 6.75. The van der Waals surface area contributed by atoms with Crippen LogP contribution in [-0.2, 0) is 16.1 Å². The number of hydrogen-bond acceptors (Lipinski definition) is 6. The monoisotopic (exact) mass is 494 g/mol. The van der Waals surface area contributed by atoms with E-state index in [-0.39, 0.29) is 24.8 Å². The fourth-order valence-corrected chi connectivity index (χ4v) is 4.17. The quantitative estimate of drug-likeness (QED) is 0.664. The molecule has 1 N–H and O–H groups in total. The number of furan rings is 1. The number of amides is 2. The highest BCUT2D eigenvalue weighted by Gasteiger charge is 2.33. The Balaban J connectivity index is 1.35. The first-order valence-corrected chi connectivity index (χ1v) is 10.9. The number of piperazine rings is 1. The van der Waals surface area contributed by atoms with Gasteiger partial charge in [-0.3, -0.25) is 14.6 Å². The van der Waals surface area contributed by atoms with E-state index in [0.717, 1.165) is 29.9 Å². The summed E-state index contributed by atoms with van der Waals surface area (Å²) in [6.07, 6.45) is 0.670. The van der Waals surface area contributed by atoms with Crippen LogP contribution in [0.1, 0.15) is 12.7 Å². The summed E-state index contributed by atoms with van der Waals surface area (Å²) in [7, 11) is 0. The number of carbonyl (C=O) groups excluding carboxylic acids is 2. The second kappa shape index (κ2) is 9.27. The molecule has 8 nitrogen and oxygen atoms in total. The van der Waals surface area contributed by atoms with Crippen molar-refractivity contribution in [2.45, 2.75) is 19.6 Å². The summed E-state index contributed by atoms with van der Waals surface area (Å²) in [5, 5.41) is 2.63. The van der Waals surface area contributed by atoms with Crippen molar-refractivity contribution in [3.63, 3.8) is 0 Å². The molecule has 0 spiro atoms. The number of benzene rings is 1. The van der Waals surface area contributed by atoms with Gasteiger partial charge >= 0.3 is 6.09 Å². The molecule has 1 atom stereocenters. The van der Waals surface area contributed by atoms with E-state index in [1.54, 1.807) is 18.4 Å². The zero-order valence-electron chi connectivity index (χ0n) is 17.1. The van der Waals surface area contributed by atoms with E-state index in [1.165, 1.54) is 17.9 Å². The third-order valence-electron chi connectivity index (χ3n) is 5.41. The molecule has 2 aliphatic heterocycles. The predicted molar refractivity (Wildman–Crippen MR) is 117 cm³/mol. The number of anilines is 2. The van der Waals surface area contributed by atoms with E-state index < -0.39 is 12.2 Å². The molecule has 2 fully saturated rings. The average Bonchev–Trinajstić information content (AvgIpc) is 3.32. The number of rotatable bonds is 6. The normalized spacial score (nSPS) is 19.6. The Hall–Kier alpha value is -2.59. The van der Waals surface area contributed by atoms with Crippen LogP contribution in [0.15, 0.2) is 39.4 Å². The molecule has 0 bridgehead atoms. The third-order valence-corrected chi connectivity index (χ3v) is 5.83. The van der Waals surface area contributed by atoms with Crippen LogP contribution < -0.4 is 15.1 Å². The number of nitrogens with one attached hydrogen (secondary N) is 1. The van der Waals surface area contributed by atoms with Gasteiger partial charge in [-0.1, -0.05) is 0 Å². The lowest BCUT2D eigenvalue weighted by atomic mass is 10.2. The van der Waals surface area contributed by atoms with E-state index >= 15 is 0 Å². The highest BCUT2D eigenvalue weighted by Crippen LogP contribution is 2.29. The largest absolute Gasteiger partial charge is 0.467 e. The van der Waals surface area contributed by atoms with Gasteiger partial charge in [0.15, 0.2) is 0 Å². The topological polar surface area (TPSA) is 78.3 Å². The number of ether oxygens (including phenoxy) is 1. The molecule has 1 aromatic carbocycles. The number of halogens is 2. The molecule has 0 aliphatic carbocycles. The van der Waals surface area contributed by atoms with E-state index in [9.17, 15) is 14.0 Å². The number of hydrogen-bond donors (Lipinski definition) is 1. The summed E-state index contributed by atoms with van der Waals surface area (Å²) >= 11 is 3.38. The van der Waals surface area contributed by atoms with Crippen molar-refractivity contribution in [3.05, 3.63) is 46.6 Å². The predicted octanol–water partition coefficient (Wildman–Crippen LogP) is 2.96. The molecule has 2 aromatic rings. The van der Waals surface area contributed by atoms with E-state index in [1.807, 2.05) is 11.0 Å². The van der Waals surface area contributed by atoms with Gasteiger partial charge in [0.25, 0.3) is 0 Å². The van der Waals surface area contributed by atoms with Gasteiger partial charge in [-0.2, -0.15) is 0 Å². The first-order valence-electron chi connectivity index (χ1n) is 10.1. The molecule has 2 saturated heterocycles. The fraction of sp³-hybridized carbons (Fsp3) is 0.429. The van der Waals surface area contributed by atoms with Gasteiger partial charge in [0.1, 0.15) is 23.9 Å². The SMILES string of the molecule is CC(=O)NCC1CN(c2ccc(N3CCN(Cc4cc(Br)co4)CC3)c(F)c2)C(=O)O1. The minimum absolute atomic E-state index is 0.193. The molecule has 0 saturated carbocycles. The Kier molecular flexibility index (Phi) is 6.47. The van der Waals surface area contributed by atoms with Crippen molar-refractivity contribution in [2.75, 3.05) is 49.1 Å². The smallest absolute Gasteiger partial charge is 0.414 e. The first-order chi connectivity index (χ1) is 14.9. The second-order valence-corrected chi connectivity index (χ2v) is 8.60. The van der Waals surface area contributed by atoms with Crippen LogP contribution in [0.4, 0.5) is 20.6 Å². The molecule has 166 valence electrons. The molecule has 31 heavy (non-hydrogen) atoms. The maximum atomic E-state index is 14.9. The van der Waals surface area contributed by atoms with Gasteiger partial charge in [-0.05, 0) is 40.2 Å². The van der Waals surface area contributed by atoms with Crippen molar-refractivity contribution < 1.29 is 23.1 Å². The van der Waals surface area contributed by atoms with Gasteiger partial charge in [-0.15, -0.1) is 0 Å². The zero-order chi connectivity index (χ0) is 22.0. The molecule has 2 amide bonds. The first kappa shape index (κ1) is 21.6. The van der Waals surface area contributed by atoms with Crippen LogP contribution in [0.5, 0.6) is 0 Å². The van der Waals surface area contributed by atoms with Gasteiger partial charge in [0, 0.05) is 33.1 Å². The lowest BCUT2D eigenvalue weighted by Crippen LogP contribution is -2.46. The number of carbonyl (C=O) groups is 2. The van der Waals surface area contributed by atoms with Crippen LogP contribution in [0.3, 0.4) is 0 Å². The van der Waals surface area contributed by atoms with Crippen molar-refractivity contribution in [3.8, 4) is 0 Å². The lowest BCUT2D eigenvalue weighted by Gasteiger charge is -2.36. The van der Waals surface area contributed by atoms with Crippen LogP contribution in [0, 0.1) is 5.82 Å². The van der Waals surface area contributed by atoms with Crippen LogP contribution in [-0.4, -0.2) is 62.3 Å². The van der Waals surface area contributed by atoms with Gasteiger partial charge in [-0.25, -0.2) is 9.18 Å². The van der Waals surface area contributed by atoms with Crippen molar-refractivity contribution in [1.82, 2.24) is 10.2 Å². The average molecular weight is 495 g/mol. The second-order valence-electron chi connectivity index (χ2n) is 7.68. The van der Waals surface area contributed by atoms with Crippen molar-refractivity contribution >= 4 is 39.3 Å². The molecular weight excluding hydrogens is 471 g/mol. The minimum Gasteiger partial charge on any atom is -0.467 e. The highest BCUT2D eigenvalue weighted by molar-refractivity contribution is 9.10. The van der Waals surface area contributed by atoms with Gasteiger partial charge in [0.05, 0.1) is 35.5 Å². The molecule has 3 heterocycles. The summed E-state index contributed by atoms with van der Waals surface area (Å²) in [5.74, 6) is 0.325. The Morgan fingerprint density at radius 3 is 2.68 bits per heavy atom. The molecule has 10 heteroatoms. The van der Waals surface area contributed by atoms with Crippen LogP contribution in [0.2, 0.25) is 0 Å². The molecular formula is C21H24BrFN4O4. The van der Waals surface area contributed by atoms with Crippen LogP contribution >= 0.6 is 15.9 Å². The number of nitrogens with zero attached hydrogens (tertiary/aromatic N) is 3. The summed E-state index contributed by atoms with van der Waals surface area (Å²) in [6.45, 7) is 5.60. The lowest BCUT2D eigenvalue weighted by molar-refractivity contribution is -0.119. The Bertz CT molecular complexity index is 961. The third kappa shape index (κ3) is 5.19. The molecule has 1 unspecified atom stereocenters. The van der Waals surface area contributed by atoms with Gasteiger partial charge in [0.2, 0.25) is 5.91 Å². The maximum absolute atomic E-state index is 14.9. The molecule has 2 aliphatic rings.